The number of sulfonamides is 1. The van der Waals surface area contributed by atoms with Gasteiger partial charge in [-0.1, -0.05) is 24.1 Å². The fourth-order valence-corrected chi connectivity index (χ4v) is 4.66. The molecule has 0 aliphatic carbocycles. The van der Waals surface area contributed by atoms with E-state index in [0.717, 1.165) is 24.8 Å². The fourth-order valence-electron chi connectivity index (χ4n) is 3.11. The highest BCUT2D eigenvalue weighted by Crippen LogP contribution is 2.27. The van der Waals surface area contributed by atoms with E-state index in [1.165, 1.54) is 29.6 Å². The third-order valence-electron chi connectivity index (χ3n) is 4.68. The molecule has 1 amide bonds. The normalized spacial score (nSPS) is 15.3. The molecule has 0 spiro atoms. The first-order chi connectivity index (χ1) is 12.9. The number of benzene rings is 2. The van der Waals surface area contributed by atoms with E-state index in [1.54, 1.807) is 12.1 Å². The highest BCUT2D eigenvalue weighted by molar-refractivity contribution is 7.89. The number of piperidine rings is 1. The lowest BCUT2D eigenvalue weighted by molar-refractivity contribution is 0.102. The van der Waals surface area contributed by atoms with Crippen LogP contribution in [0.3, 0.4) is 0 Å². The Bertz CT molecular complexity index is 917. The summed E-state index contributed by atoms with van der Waals surface area (Å²) in [6.07, 6.45) is 2.76. The van der Waals surface area contributed by atoms with Gasteiger partial charge in [-0.25, -0.2) is 8.42 Å². The first-order valence-electron chi connectivity index (χ1n) is 8.98. The van der Waals surface area contributed by atoms with Gasteiger partial charge in [0, 0.05) is 18.8 Å². The summed E-state index contributed by atoms with van der Waals surface area (Å²) in [7, 11) is -2.17. The van der Waals surface area contributed by atoms with Crippen LogP contribution in [0.15, 0.2) is 47.4 Å². The van der Waals surface area contributed by atoms with E-state index in [0.29, 0.717) is 24.5 Å². The second-order valence-electron chi connectivity index (χ2n) is 6.65. The highest BCUT2D eigenvalue weighted by atomic mass is 32.2. The van der Waals surface area contributed by atoms with Gasteiger partial charge in [0.2, 0.25) is 10.0 Å². The summed E-state index contributed by atoms with van der Waals surface area (Å²) >= 11 is 0. The van der Waals surface area contributed by atoms with Gasteiger partial charge in [0.15, 0.2) is 0 Å². The average molecular weight is 388 g/mol. The van der Waals surface area contributed by atoms with Crippen molar-refractivity contribution >= 4 is 21.6 Å². The van der Waals surface area contributed by atoms with Crippen LogP contribution in [0.4, 0.5) is 5.69 Å². The monoisotopic (exact) mass is 388 g/mol. The summed E-state index contributed by atoms with van der Waals surface area (Å²) in [6.45, 7) is 2.99. The largest absolute Gasteiger partial charge is 0.496 e. The molecule has 1 aliphatic rings. The van der Waals surface area contributed by atoms with Crippen molar-refractivity contribution in [3.63, 3.8) is 0 Å². The van der Waals surface area contributed by atoms with Crippen LogP contribution in [0, 0.1) is 6.92 Å². The van der Waals surface area contributed by atoms with E-state index in [4.69, 9.17) is 4.74 Å². The molecule has 144 valence electrons. The molecule has 2 aromatic carbocycles. The van der Waals surface area contributed by atoms with Crippen molar-refractivity contribution < 1.29 is 17.9 Å². The molecule has 2 aromatic rings. The summed E-state index contributed by atoms with van der Waals surface area (Å²) in [4.78, 5) is 12.8. The van der Waals surface area contributed by atoms with Crippen LogP contribution in [-0.4, -0.2) is 38.8 Å². The molecule has 0 radical (unpaired) electrons. The number of amides is 1. The lowest BCUT2D eigenvalue weighted by Crippen LogP contribution is -2.35. The van der Waals surface area contributed by atoms with E-state index in [9.17, 15) is 13.2 Å². The summed E-state index contributed by atoms with van der Waals surface area (Å²) < 4.78 is 32.6. The second kappa shape index (κ2) is 8.10. The summed E-state index contributed by atoms with van der Waals surface area (Å²) in [6, 6.07) is 11.8. The number of aryl methyl sites for hydroxylation is 1. The molecule has 27 heavy (non-hydrogen) atoms. The van der Waals surface area contributed by atoms with Crippen LogP contribution in [0.1, 0.15) is 35.2 Å². The smallest absolute Gasteiger partial charge is 0.259 e. The Kier molecular flexibility index (Phi) is 5.82. The minimum absolute atomic E-state index is 0.110. The Morgan fingerprint density at radius 1 is 1.04 bits per heavy atom. The Morgan fingerprint density at radius 3 is 2.33 bits per heavy atom. The van der Waals surface area contributed by atoms with Crippen molar-refractivity contribution in [1.82, 2.24) is 4.31 Å². The maximum atomic E-state index is 12.9. The first kappa shape index (κ1) is 19.4. The molecule has 0 atom stereocenters. The maximum absolute atomic E-state index is 12.9. The van der Waals surface area contributed by atoms with Crippen molar-refractivity contribution in [2.24, 2.45) is 0 Å². The summed E-state index contributed by atoms with van der Waals surface area (Å²) in [5, 5.41) is 2.79. The van der Waals surface area contributed by atoms with Gasteiger partial charge in [0.25, 0.3) is 5.91 Å². The summed E-state index contributed by atoms with van der Waals surface area (Å²) in [5.74, 6) is -0.0800. The predicted molar refractivity (Wildman–Crippen MR) is 105 cm³/mol. The van der Waals surface area contributed by atoms with Crippen LogP contribution in [0.2, 0.25) is 0 Å². The van der Waals surface area contributed by atoms with Gasteiger partial charge in [0.05, 0.1) is 17.6 Å². The molecule has 7 heteroatoms. The van der Waals surface area contributed by atoms with Gasteiger partial charge in [-0.15, -0.1) is 0 Å². The number of rotatable bonds is 5. The zero-order valence-corrected chi connectivity index (χ0v) is 16.4. The van der Waals surface area contributed by atoms with Crippen LogP contribution < -0.4 is 10.1 Å². The number of hydrogen-bond donors (Lipinski definition) is 1. The maximum Gasteiger partial charge on any atom is 0.259 e. The molecule has 1 saturated heterocycles. The van der Waals surface area contributed by atoms with Gasteiger partial charge < -0.3 is 10.1 Å². The second-order valence-corrected chi connectivity index (χ2v) is 8.58. The molecule has 1 aliphatic heterocycles. The number of nitrogens with one attached hydrogen (secondary N) is 1. The van der Waals surface area contributed by atoms with E-state index in [1.807, 2.05) is 19.1 Å². The molecule has 0 unspecified atom stereocenters. The summed E-state index contributed by atoms with van der Waals surface area (Å²) in [5.41, 5.74) is 1.91. The molecule has 1 fully saturated rings. The van der Waals surface area contributed by atoms with Gasteiger partial charge in [-0.05, 0) is 50.1 Å². The standard InChI is InChI=1S/C20H24N2O4S/c1-15-6-8-16(9-7-15)21-20(23)18-14-17(10-11-19(18)26-2)27(24,25)22-12-4-3-5-13-22/h6-11,14H,3-5,12-13H2,1-2H3,(H,21,23). The first-order valence-corrected chi connectivity index (χ1v) is 10.4. The molecule has 1 heterocycles. The van der Waals surface area contributed by atoms with E-state index < -0.39 is 15.9 Å². The number of nitrogens with zero attached hydrogens (tertiary/aromatic N) is 1. The minimum Gasteiger partial charge on any atom is -0.496 e. The number of methoxy groups -OCH3 is 1. The zero-order valence-electron chi connectivity index (χ0n) is 15.6. The number of anilines is 1. The fraction of sp³-hybridized carbons (Fsp3) is 0.350. The highest BCUT2D eigenvalue weighted by Gasteiger charge is 2.27. The minimum atomic E-state index is -3.62. The third-order valence-corrected chi connectivity index (χ3v) is 6.57. The topological polar surface area (TPSA) is 75.7 Å². The number of ether oxygens (including phenoxy) is 1. The molecule has 0 saturated carbocycles. The Morgan fingerprint density at radius 2 is 1.70 bits per heavy atom. The molecule has 1 N–H and O–H groups in total. The number of carbonyl (C=O) groups is 1. The van der Waals surface area contributed by atoms with E-state index >= 15 is 0 Å². The number of hydrogen-bond acceptors (Lipinski definition) is 4. The van der Waals surface area contributed by atoms with Crippen LogP contribution >= 0.6 is 0 Å². The molecule has 3 rings (SSSR count). The third kappa shape index (κ3) is 4.31. The van der Waals surface area contributed by atoms with Crippen LogP contribution in [-0.2, 0) is 10.0 Å². The molecular formula is C20H24N2O4S. The Balaban J connectivity index is 1.91. The SMILES string of the molecule is COc1ccc(S(=O)(=O)N2CCCCC2)cc1C(=O)Nc1ccc(C)cc1. The molecular weight excluding hydrogens is 364 g/mol. The lowest BCUT2D eigenvalue weighted by Gasteiger charge is -2.26. The average Bonchev–Trinajstić information content (AvgIpc) is 2.69. The van der Waals surface area contributed by atoms with Gasteiger partial charge in [0.1, 0.15) is 5.75 Å². The molecule has 0 bridgehead atoms. The molecule has 6 nitrogen and oxygen atoms in total. The lowest BCUT2D eigenvalue weighted by atomic mass is 10.1. The van der Waals surface area contributed by atoms with Gasteiger partial charge >= 0.3 is 0 Å². The van der Waals surface area contributed by atoms with Gasteiger partial charge in [-0.2, -0.15) is 4.31 Å². The van der Waals surface area contributed by atoms with Crippen molar-refractivity contribution in [2.45, 2.75) is 31.1 Å². The van der Waals surface area contributed by atoms with Crippen LogP contribution in [0.5, 0.6) is 5.75 Å². The van der Waals surface area contributed by atoms with Crippen molar-refractivity contribution in [3.05, 3.63) is 53.6 Å². The number of carbonyl (C=O) groups excluding carboxylic acids is 1. The molecule has 0 aromatic heterocycles. The van der Waals surface area contributed by atoms with Crippen molar-refractivity contribution in [1.29, 1.82) is 0 Å². The van der Waals surface area contributed by atoms with Crippen molar-refractivity contribution in [2.75, 3.05) is 25.5 Å². The predicted octanol–water partition coefficient (Wildman–Crippen LogP) is 3.43. The van der Waals surface area contributed by atoms with Gasteiger partial charge in [-0.3, -0.25) is 4.79 Å². The van der Waals surface area contributed by atoms with E-state index in [2.05, 4.69) is 5.32 Å². The Hall–Kier alpha value is -2.38. The van der Waals surface area contributed by atoms with Crippen LogP contribution in [0.25, 0.3) is 0 Å². The van der Waals surface area contributed by atoms with Crippen molar-refractivity contribution in [3.8, 4) is 5.75 Å². The quantitative estimate of drug-likeness (QED) is 0.851. The Labute approximate surface area is 160 Å². The van der Waals surface area contributed by atoms with E-state index in [-0.39, 0.29) is 10.5 Å². The zero-order chi connectivity index (χ0) is 19.4.